The summed E-state index contributed by atoms with van der Waals surface area (Å²) in [7, 11) is 1.77. The van der Waals surface area contributed by atoms with Crippen molar-refractivity contribution in [1.29, 1.82) is 0 Å². The number of para-hydroxylation sites is 1. The highest BCUT2D eigenvalue weighted by molar-refractivity contribution is 9.10. The zero-order valence-electron chi connectivity index (χ0n) is 18.2. The molecule has 2 aliphatic rings. The summed E-state index contributed by atoms with van der Waals surface area (Å²) in [6, 6.07) is 18.8. The molecule has 0 aromatic heterocycles. The Balaban J connectivity index is 1.56. The van der Waals surface area contributed by atoms with E-state index >= 15 is 0 Å². The average Bonchev–Trinajstić information content (AvgIpc) is 3.29. The van der Waals surface area contributed by atoms with Crippen molar-refractivity contribution in [2.45, 2.75) is 24.1 Å². The highest BCUT2D eigenvalue weighted by Gasteiger charge is 2.68. The molecule has 0 saturated carbocycles. The van der Waals surface area contributed by atoms with Gasteiger partial charge in [-0.25, -0.2) is 0 Å². The molecule has 3 aromatic carbocycles. The fourth-order valence-electron chi connectivity index (χ4n) is 5.24. The highest BCUT2D eigenvalue weighted by Crippen LogP contribution is 2.53. The molecule has 2 aliphatic heterocycles. The van der Waals surface area contributed by atoms with Crippen LogP contribution in [0.5, 0.6) is 5.75 Å². The summed E-state index contributed by atoms with van der Waals surface area (Å²) in [4.78, 5) is 27.4. The summed E-state index contributed by atoms with van der Waals surface area (Å²) in [6.45, 7) is 0.604. The van der Waals surface area contributed by atoms with E-state index in [1.807, 2.05) is 30.3 Å². The Hall–Kier alpha value is -2.94. The van der Waals surface area contributed by atoms with Crippen LogP contribution in [0, 0.1) is 10.1 Å². The lowest BCUT2D eigenvalue weighted by Crippen LogP contribution is -2.54. The fourth-order valence-corrected chi connectivity index (χ4v) is 5.75. The van der Waals surface area contributed by atoms with Crippen LogP contribution in [0.25, 0.3) is 0 Å². The number of carbonyl (C=O) groups excluding carboxylic acids is 1. The Morgan fingerprint density at radius 3 is 2.68 bits per heavy atom. The van der Waals surface area contributed by atoms with E-state index in [2.05, 4.69) is 21.2 Å². The Morgan fingerprint density at radius 2 is 1.94 bits per heavy atom. The molecule has 1 spiro atoms. The van der Waals surface area contributed by atoms with Gasteiger partial charge in [0.1, 0.15) is 12.4 Å². The largest absolute Gasteiger partial charge is 0.489 e. The number of rotatable bonds is 5. The van der Waals surface area contributed by atoms with Crippen LogP contribution in [0.4, 0.5) is 5.69 Å². The maximum absolute atomic E-state index is 13.3. The Morgan fingerprint density at radius 1 is 1.21 bits per heavy atom. The molecule has 0 radical (unpaired) electrons. The molecular formula is C25H21BrClN3O4. The summed E-state index contributed by atoms with van der Waals surface area (Å²) < 4.78 is 6.92. The van der Waals surface area contributed by atoms with Gasteiger partial charge < -0.3 is 10.1 Å². The number of carbonyl (C=O) groups is 1. The minimum Gasteiger partial charge on any atom is -0.489 e. The first-order valence-corrected chi connectivity index (χ1v) is 11.9. The first-order valence-electron chi connectivity index (χ1n) is 10.7. The average molecular weight is 543 g/mol. The number of amides is 1. The van der Waals surface area contributed by atoms with Crippen LogP contribution >= 0.6 is 27.5 Å². The van der Waals surface area contributed by atoms with Gasteiger partial charge in [0, 0.05) is 37.8 Å². The molecular weight excluding hydrogens is 522 g/mol. The van der Waals surface area contributed by atoms with Crippen LogP contribution in [0.2, 0.25) is 5.02 Å². The van der Waals surface area contributed by atoms with Crippen molar-refractivity contribution in [1.82, 2.24) is 4.90 Å². The van der Waals surface area contributed by atoms with Crippen LogP contribution in [0.3, 0.4) is 0 Å². The molecule has 1 fully saturated rings. The monoisotopic (exact) mass is 541 g/mol. The summed E-state index contributed by atoms with van der Waals surface area (Å²) in [5.41, 5.74) is 1.45. The number of anilines is 1. The molecule has 0 unspecified atom stereocenters. The molecule has 0 bridgehead atoms. The minimum absolute atomic E-state index is 0.284. The van der Waals surface area contributed by atoms with Gasteiger partial charge in [0.05, 0.1) is 5.92 Å². The minimum atomic E-state index is -1.40. The summed E-state index contributed by atoms with van der Waals surface area (Å²) in [5.74, 6) is -0.402. The predicted molar refractivity (Wildman–Crippen MR) is 133 cm³/mol. The molecule has 3 atom stereocenters. The number of hydrogen-bond donors (Lipinski definition) is 1. The van der Waals surface area contributed by atoms with Crippen LogP contribution in [0.15, 0.2) is 71.2 Å². The molecule has 1 saturated heterocycles. The molecule has 174 valence electrons. The summed E-state index contributed by atoms with van der Waals surface area (Å²) >= 11 is 9.48. The van der Waals surface area contributed by atoms with Crippen molar-refractivity contribution in [3.63, 3.8) is 0 Å². The number of halogens is 2. The lowest BCUT2D eigenvalue weighted by molar-refractivity contribution is -0.534. The number of ether oxygens (including phenoxy) is 1. The SMILES string of the molecule is CN1C[C@H](c2cc(Br)ccc2OCc2ccc(Cl)cc2)[C@H]([N+](=O)[O-])[C@]12C(=O)Nc1ccccc12. The second-order valence-electron chi connectivity index (χ2n) is 8.58. The van der Waals surface area contributed by atoms with E-state index in [4.69, 9.17) is 16.3 Å². The van der Waals surface area contributed by atoms with Gasteiger partial charge in [-0.1, -0.05) is 57.9 Å². The van der Waals surface area contributed by atoms with E-state index in [-0.39, 0.29) is 17.4 Å². The Bertz CT molecular complexity index is 1290. The topological polar surface area (TPSA) is 84.7 Å². The molecule has 34 heavy (non-hydrogen) atoms. The van der Waals surface area contributed by atoms with E-state index in [1.54, 1.807) is 48.3 Å². The second kappa shape index (κ2) is 8.69. The van der Waals surface area contributed by atoms with Gasteiger partial charge in [0.15, 0.2) is 5.54 Å². The van der Waals surface area contributed by atoms with E-state index in [0.29, 0.717) is 34.1 Å². The van der Waals surface area contributed by atoms with Gasteiger partial charge in [-0.15, -0.1) is 0 Å². The van der Waals surface area contributed by atoms with Crippen LogP contribution in [-0.2, 0) is 16.9 Å². The number of likely N-dealkylation sites (N-methyl/N-ethyl adjacent to an activating group) is 1. The van der Waals surface area contributed by atoms with Crippen molar-refractivity contribution in [3.8, 4) is 5.75 Å². The molecule has 5 rings (SSSR count). The van der Waals surface area contributed by atoms with E-state index < -0.39 is 17.5 Å². The first kappa shape index (κ1) is 22.8. The number of likely N-dealkylation sites (tertiary alicyclic amines) is 1. The fraction of sp³-hybridized carbons (Fsp3) is 0.240. The second-order valence-corrected chi connectivity index (χ2v) is 9.93. The molecule has 1 N–H and O–H groups in total. The lowest BCUT2D eigenvalue weighted by Gasteiger charge is -2.30. The number of nitro groups is 1. The zero-order chi connectivity index (χ0) is 24.0. The predicted octanol–water partition coefficient (Wildman–Crippen LogP) is 5.20. The number of benzene rings is 3. The van der Waals surface area contributed by atoms with Gasteiger partial charge in [0.25, 0.3) is 11.9 Å². The highest BCUT2D eigenvalue weighted by atomic mass is 79.9. The van der Waals surface area contributed by atoms with Crippen LogP contribution in [0.1, 0.15) is 22.6 Å². The standard InChI is InChI=1S/C25H21BrClN3O4/c1-29-13-19(23(30(32)33)25(29)20-4-2-3-5-21(20)28-24(25)31)18-12-16(26)8-11-22(18)34-14-15-6-9-17(27)10-7-15/h2-12,19,23H,13-14H2,1H3,(H,28,31)/t19-,23+,25-/m1/s1. The molecule has 3 aromatic rings. The molecule has 1 amide bonds. The third-order valence-electron chi connectivity index (χ3n) is 6.72. The van der Waals surface area contributed by atoms with Crippen molar-refractivity contribution in [2.24, 2.45) is 0 Å². The number of nitrogens with zero attached hydrogens (tertiary/aromatic N) is 2. The molecule has 2 heterocycles. The van der Waals surface area contributed by atoms with Crippen LogP contribution in [-0.4, -0.2) is 35.4 Å². The number of fused-ring (bicyclic) bond motifs is 2. The van der Waals surface area contributed by atoms with Crippen molar-refractivity contribution >= 4 is 39.1 Å². The summed E-state index contributed by atoms with van der Waals surface area (Å²) in [5, 5.41) is 16.1. The summed E-state index contributed by atoms with van der Waals surface area (Å²) in [6.07, 6.45) is 0. The smallest absolute Gasteiger partial charge is 0.256 e. The first-order chi connectivity index (χ1) is 16.3. The maximum atomic E-state index is 13.3. The van der Waals surface area contributed by atoms with Crippen molar-refractivity contribution < 1.29 is 14.5 Å². The van der Waals surface area contributed by atoms with Crippen molar-refractivity contribution in [3.05, 3.63) is 103 Å². The van der Waals surface area contributed by atoms with E-state index in [1.165, 1.54) is 0 Å². The molecule has 9 heteroatoms. The van der Waals surface area contributed by atoms with Gasteiger partial charge in [-0.05, 0) is 49.0 Å². The number of nitrogens with one attached hydrogen (secondary N) is 1. The normalized spacial score (nSPS) is 23.7. The number of hydrogen-bond acceptors (Lipinski definition) is 5. The lowest BCUT2D eigenvalue weighted by atomic mass is 9.79. The Kier molecular flexibility index (Phi) is 5.83. The Labute approximate surface area is 209 Å². The van der Waals surface area contributed by atoms with Crippen LogP contribution < -0.4 is 10.1 Å². The molecule has 0 aliphatic carbocycles. The van der Waals surface area contributed by atoms with Gasteiger partial charge in [0.2, 0.25) is 0 Å². The van der Waals surface area contributed by atoms with Crippen molar-refractivity contribution in [2.75, 3.05) is 18.9 Å². The third kappa shape index (κ3) is 3.57. The van der Waals surface area contributed by atoms with Gasteiger partial charge in [-0.2, -0.15) is 0 Å². The molecule has 7 nitrogen and oxygen atoms in total. The zero-order valence-corrected chi connectivity index (χ0v) is 20.5. The third-order valence-corrected chi connectivity index (χ3v) is 7.47. The van der Waals surface area contributed by atoms with Gasteiger partial charge >= 0.3 is 0 Å². The quantitative estimate of drug-likeness (QED) is 0.354. The van der Waals surface area contributed by atoms with E-state index in [0.717, 1.165) is 10.0 Å². The van der Waals surface area contributed by atoms with Gasteiger partial charge in [-0.3, -0.25) is 19.8 Å². The van der Waals surface area contributed by atoms with E-state index in [9.17, 15) is 14.9 Å². The maximum Gasteiger partial charge on any atom is 0.256 e.